The number of phenols is 2. The third-order valence-corrected chi connectivity index (χ3v) is 3.16. The molecule has 0 radical (unpaired) electrons. The van der Waals surface area contributed by atoms with Gasteiger partial charge < -0.3 is 21.7 Å². The van der Waals surface area contributed by atoms with Gasteiger partial charge in [-0.1, -0.05) is 48.6 Å². The molecule has 0 aromatic heterocycles. The SMILES string of the molecule is NC(N)CC(C=Cc1ccccc1O)=Cc1ccccc1O. The molecule has 0 atom stereocenters. The Morgan fingerprint density at radius 3 is 2.00 bits per heavy atom. The fourth-order valence-electron chi connectivity index (χ4n) is 2.08. The molecule has 0 saturated carbocycles. The van der Waals surface area contributed by atoms with Crippen molar-refractivity contribution in [3.05, 3.63) is 71.3 Å². The van der Waals surface area contributed by atoms with E-state index in [1.807, 2.05) is 36.4 Å². The van der Waals surface area contributed by atoms with E-state index in [4.69, 9.17) is 11.5 Å². The van der Waals surface area contributed by atoms with E-state index in [2.05, 4.69) is 0 Å². The second-order valence-electron chi connectivity index (χ2n) is 5.04. The Kier molecular flexibility index (Phi) is 5.36. The quantitative estimate of drug-likeness (QED) is 0.504. The van der Waals surface area contributed by atoms with Crippen molar-refractivity contribution in [3.8, 4) is 11.5 Å². The second-order valence-corrected chi connectivity index (χ2v) is 5.04. The summed E-state index contributed by atoms with van der Waals surface area (Å²) in [5.74, 6) is 0.402. The number of hydrogen-bond donors (Lipinski definition) is 4. The molecule has 0 aliphatic heterocycles. The predicted molar refractivity (Wildman–Crippen MR) is 90.0 cm³/mol. The molecule has 0 fully saturated rings. The molecule has 0 heterocycles. The molecule has 0 bridgehead atoms. The van der Waals surface area contributed by atoms with Gasteiger partial charge in [-0.3, -0.25) is 0 Å². The first-order valence-electron chi connectivity index (χ1n) is 7.02. The van der Waals surface area contributed by atoms with Crippen molar-refractivity contribution >= 4 is 12.2 Å². The van der Waals surface area contributed by atoms with Gasteiger partial charge in [0, 0.05) is 17.5 Å². The van der Waals surface area contributed by atoms with E-state index in [-0.39, 0.29) is 11.5 Å². The lowest BCUT2D eigenvalue weighted by Crippen LogP contribution is -2.30. The van der Waals surface area contributed by atoms with Crippen molar-refractivity contribution in [1.82, 2.24) is 0 Å². The Morgan fingerprint density at radius 2 is 1.45 bits per heavy atom. The molecular weight excluding hydrogens is 276 g/mol. The molecule has 0 amide bonds. The molecule has 114 valence electrons. The highest BCUT2D eigenvalue weighted by Gasteiger charge is 2.03. The Hall–Kier alpha value is -2.56. The zero-order valence-electron chi connectivity index (χ0n) is 12.2. The van der Waals surface area contributed by atoms with Crippen molar-refractivity contribution in [2.24, 2.45) is 11.5 Å². The number of hydrogen-bond acceptors (Lipinski definition) is 4. The van der Waals surface area contributed by atoms with Crippen LogP contribution in [-0.4, -0.2) is 16.4 Å². The van der Waals surface area contributed by atoms with Crippen molar-refractivity contribution in [3.63, 3.8) is 0 Å². The minimum Gasteiger partial charge on any atom is -0.507 e. The van der Waals surface area contributed by atoms with Gasteiger partial charge in [0.05, 0.1) is 6.17 Å². The maximum absolute atomic E-state index is 9.85. The van der Waals surface area contributed by atoms with E-state index >= 15 is 0 Å². The van der Waals surface area contributed by atoms with Gasteiger partial charge in [0.15, 0.2) is 0 Å². The van der Waals surface area contributed by atoms with Gasteiger partial charge in [-0.15, -0.1) is 0 Å². The summed E-state index contributed by atoms with van der Waals surface area (Å²) in [6.07, 6.45) is 5.43. The molecule has 4 nitrogen and oxygen atoms in total. The van der Waals surface area contributed by atoms with Crippen molar-refractivity contribution in [2.45, 2.75) is 12.6 Å². The normalized spacial score (nSPS) is 12.2. The highest BCUT2D eigenvalue weighted by atomic mass is 16.3. The number of rotatable bonds is 5. The number of phenolic OH excluding ortho intramolecular Hbond substituents is 2. The van der Waals surface area contributed by atoms with Crippen LogP contribution in [0, 0.1) is 0 Å². The topological polar surface area (TPSA) is 92.5 Å². The number of benzene rings is 2. The summed E-state index contributed by atoms with van der Waals surface area (Å²) >= 11 is 0. The van der Waals surface area contributed by atoms with Gasteiger partial charge >= 0.3 is 0 Å². The standard InChI is InChI=1S/C18H20N2O2/c19-18(20)12-13(11-15-6-2-4-8-17(15)22)9-10-14-5-1-3-7-16(14)21/h1-11,18,21-22H,12,19-20H2. The lowest BCUT2D eigenvalue weighted by atomic mass is 10.0. The molecular formula is C18H20N2O2. The van der Waals surface area contributed by atoms with Gasteiger partial charge in [0.1, 0.15) is 11.5 Å². The Bertz CT molecular complexity index is 691. The Labute approximate surface area is 130 Å². The molecule has 6 N–H and O–H groups in total. The predicted octanol–water partition coefficient (Wildman–Crippen LogP) is 2.83. The molecule has 0 spiro atoms. The van der Waals surface area contributed by atoms with Crippen LogP contribution in [0.15, 0.2) is 60.2 Å². The van der Waals surface area contributed by atoms with E-state index in [1.54, 1.807) is 30.3 Å². The number of para-hydroxylation sites is 2. The zero-order chi connectivity index (χ0) is 15.9. The molecule has 0 aliphatic rings. The highest BCUT2D eigenvalue weighted by Crippen LogP contribution is 2.23. The summed E-state index contributed by atoms with van der Waals surface area (Å²) in [7, 11) is 0. The minimum absolute atomic E-state index is 0.196. The third kappa shape index (κ3) is 4.48. The lowest BCUT2D eigenvalue weighted by molar-refractivity contribution is 0.473. The van der Waals surface area contributed by atoms with Crippen LogP contribution in [0.2, 0.25) is 0 Å². The first-order valence-corrected chi connectivity index (χ1v) is 7.02. The summed E-state index contributed by atoms with van der Waals surface area (Å²) in [5.41, 5.74) is 13.6. The van der Waals surface area contributed by atoms with Crippen LogP contribution in [0.5, 0.6) is 11.5 Å². The highest BCUT2D eigenvalue weighted by molar-refractivity contribution is 5.66. The van der Waals surface area contributed by atoms with Gasteiger partial charge in [-0.25, -0.2) is 0 Å². The maximum atomic E-state index is 9.85. The van der Waals surface area contributed by atoms with Crippen LogP contribution in [-0.2, 0) is 0 Å². The monoisotopic (exact) mass is 296 g/mol. The Morgan fingerprint density at radius 1 is 0.909 bits per heavy atom. The van der Waals surface area contributed by atoms with E-state index in [9.17, 15) is 10.2 Å². The molecule has 4 heteroatoms. The molecule has 2 aromatic rings. The fraction of sp³-hybridized carbons (Fsp3) is 0.111. The molecule has 2 rings (SSSR count). The van der Waals surface area contributed by atoms with E-state index in [0.29, 0.717) is 17.5 Å². The van der Waals surface area contributed by atoms with E-state index in [0.717, 1.165) is 5.57 Å². The molecule has 0 saturated heterocycles. The van der Waals surface area contributed by atoms with Gasteiger partial charge in [0.25, 0.3) is 0 Å². The van der Waals surface area contributed by atoms with Crippen LogP contribution in [0.4, 0.5) is 0 Å². The van der Waals surface area contributed by atoms with E-state index < -0.39 is 6.17 Å². The van der Waals surface area contributed by atoms with Crippen LogP contribution < -0.4 is 11.5 Å². The summed E-state index contributed by atoms with van der Waals surface area (Å²) in [6, 6.07) is 14.1. The molecule has 0 unspecified atom stereocenters. The largest absolute Gasteiger partial charge is 0.507 e. The van der Waals surface area contributed by atoms with Gasteiger partial charge in [0.2, 0.25) is 0 Å². The first kappa shape index (κ1) is 15.8. The van der Waals surface area contributed by atoms with Crippen LogP contribution in [0.25, 0.3) is 12.2 Å². The van der Waals surface area contributed by atoms with Crippen molar-refractivity contribution in [1.29, 1.82) is 0 Å². The molecule has 0 aliphatic carbocycles. The smallest absolute Gasteiger partial charge is 0.122 e. The van der Waals surface area contributed by atoms with E-state index in [1.165, 1.54) is 0 Å². The van der Waals surface area contributed by atoms with Crippen molar-refractivity contribution < 1.29 is 10.2 Å². The number of aromatic hydroxyl groups is 2. The summed E-state index contributed by atoms with van der Waals surface area (Å²) in [4.78, 5) is 0. The molecule has 2 aromatic carbocycles. The Balaban J connectivity index is 2.31. The van der Waals surface area contributed by atoms with Crippen LogP contribution >= 0.6 is 0 Å². The molecule has 22 heavy (non-hydrogen) atoms. The lowest BCUT2D eigenvalue weighted by Gasteiger charge is -2.08. The summed E-state index contributed by atoms with van der Waals surface area (Å²) < 4.78 is 0. The zero-order valence-corrected chi connectivity index (χ0v) is 12.2. The second kappa shape index (κ2) is 7.45. The summed E-state index contributed by atoms with van der Waals surface area (Å²) in [6.45, 7) is 0. The average molecular weight is 296 g/mol. The summed E-state index contributed by atoms with van der Waals surface area (Å²) in [5, 5.41) is 19.6. The first-order chi connectivity index (χ1) is 10.6. The average Bonchev–Trinajstić information content (AvgIpc) is 2.48. The number of allylic oxidation sites excluding steroid dienone is 1. The maximum Gasteiger partial charge on any atom is 0.122 e. The number of nitrogens with two attached hydrogens (primary N) is 2. The van der Waals surface area contributed by atoms with Crippen LogP contribution in [0.3, 0.4) is 0 Å². The fourth-order valence-corrected chi connectivity index (χ4v) is 2.08. The van der Waals surface area contributed by atoms with Crippen LogP contribution in [0.1, 0.15) is 17.5 Å². The minimum atomic E-state index is -0.494. The van der Waals surface area contributed by atoms with Gasteiger partial charge in [-0.05, 0) is 23.8 Å². The van der Waals surface area contributed by atoms with Crippen molar-refractivity contribution in [2.75, 3.05) is 0 Å². The van der Waals surface area contributed by atoms with Gasteiger partial charge in [-0.2, -0.15) is 0 Å². The third-order valence-electron chi connectivity index (χ3n) is 3.16.